The van der Waals surface area contributed by atoms with Crippen LogP contribution in [0.25, 0.3) is 0 Å². The number of aliphatic hydroxyl groups excluding tert-OH is 1. The van der Waals surface area contributed by atoms with Crippen LogP contribution in [0.4, 0.5) is 0 Å². The van der Waals surface area contributed by atoms with Gasteiger partial charge in [-0.3, -0.25) is 10.1 Å². The van der Waals surface area contributed by atoms with Crippen LogP contribution >= 0.6 is 0 Å². The monoisotopic (exact) mass is 349 g/mol. The van der Waals surface area contributed by atoms with E-state index in [9.17, 15) is 9.90 Å². The molecular weight excluding hydrogens is 318 g/mol. The highest BCUT2D eigenvalue weighted by atomic mass is 16.6. The van der Waals surface area contributed by atoms with E-state index in [1.54, 1.807) is 6.08 Å². The van der Waals surface area contributed by atoms with Gasteiger partial charge in [-0.2, -0.15) is 0 Å². The van der Waals surface area contributed by atoms with Crippen LogP contribution < -0.4 is 5.32 Å². The number of ether oxygens (including phenoxy) is 2. The minimum atomic E-state index is -0.574. The molecule has 140 valence electrons. The van der Waals surface area contributed by atoms with Crippen molar-refractivity contribution in [2.24, 2.45) is 5.92 Å². The fraction of sp³-hybridized carbons (Fsp3) is 0.550. The maximum absolute atomic E-state index is 11.9. The third-order valence-corrected chi connectivity index (χ3v) is 3.46. The van der Waals surface area contributed by atoms with Crippen LogP contribution in [-0.2, 0) is 14.3 Å². The molecule has 0 fully saturated rings. The molecule has 0 aliphatic heterocycles. The van der Waals surface area contributed by atoms with Gasteiger partial charge in [0.25, 0.3) is 0 Å². The number of benzene rings is 1. The predicted octanol–water partition coefficient (Wildman–Crippen LogP) is 3.21. The van der Waals surface area contributed by atoms with E-state index in [0.29, 0.717) is 32.7 Å². The number of nitrogens with one attached hydrogen (secondary N) is 1. The van der Waals surface area contributed by atoms with Gasteiger partial charge in [0.2, 0.25) is 0 Å². The van der Waals surface area contributed by atoms with Crippen LogP contribution in [0.1, 0.15) is 45.3 Å². The van der Waals surface area contributed by atoms with Crippen molar-refractivity contribution in [2.75, 3.05) is 19.9 Å². The summed E-state index contributed by atoms with van der Waals surface area (Å²) in [5, 5.41) is 13.1. The van der Waals surface area contributed by atoms with E-state index < -0.39 is 11.7 Å². The Labute approximate surface area is 151 Å². The Kier molecular flexibility index (Phi) is 9.42. The summed E-state index contributed by atoms with van der Waals surface area (Å²) in [6.07, 6.45) is 2.20. The van der Waals surface area contributed by atoms with Crippen LogP contribution in [0.3, 0.4) is 0 Å². The minimum absolute atomic E-state index is 0.0354. The second-order valence-corrected chi connectivity index (χ2v) is 7.08. The first-order valence-corrected chi connectivity index (χ1v) is 8.66. The number of allylic oxidation sites excluding steroid dienone is 1. The highest BCUT2D eigenvalue weighted by Crippen LogP contribution is 2.15. The van der Waals surface area contributed by atoms with Crippen LogP contribution in [0.2, 0.25) is 0 Å². The average Bonchev–Trinajstić information content (AvgIpc) is 2.53. The molecule has 2 N–H and O–H groups in total. The van der Waals surface area contributed by atoms with Crippen molar-refractivity contribution < 1.29 is 19.4 Å². The van der Waals surface area contributed by atoms with E-state index in [1.807, 2.05) is 51.1 Å². The first-order valence-electron chi connectivity index (χ1n) is 8.66. The summed E-state index contributed by atoms with van der Waals surface area (Å²) in [7, 11) is 0. The maximum Gasteiger partial charge on any atom is 0.306 e. The number of carbonyl (C=O) groups is 1. The van der Waals surface area contributed by atoms with Gasteiger partial charge in [0, 0.05) is 6.54 Å². The van der Waals surface area contributed by atoms with Crippen molar-refractivity contribution in [1.29, 1.82) is 0 Å². The van der Waals surface area contributed by atoms with E-state index in [4.69, 9.17) is 9.47 Å². The van der Waals surface area contributed by atoms with Gasteiger partial charge in [0.15, 0.2) is 0 Å². The van der Waals surface area contributed by atoms with Crippen LogP contribution in [0.5, 0.6) is 0 Å². The van der Waals surface area contributed by atoms with Gasteiger partial charge < -0.3 is 14.6 Å². The van der Waals surface area contributed by atoms with E-state index in [0.717, 1.165) is 5.56 Å². The molecule has 0 aliphatic carbocycles. The van der Waals surface area contributed by atoms with Gasteiger partial charge in [-0.1, -0.05) is 36.4 Å². The SMILES string of the molecule is C=CC[C@H](COCNCC(O)c1ccccc1)CC(=O)OC(C)(C)C. The summed E-state index contributed by atoms with van der Waals surface area (Å²) in [5.74, 6) is -0.191. The van der Waals surface area contributed by atoms with Gasteiger partial charge >= 0.3 is 5.97 Å². The molecule has 2 atom stereocenters. The standard InChI is InChI=1S/C20H31NO4/c1-5-9-16(12-19(23)25-20(2,3)4)14-24-15-21-13-18(22)17-10-7-6-8-11-17/h5-8,10-11,16,18,21-22H,1,9,12-15H2,2-4H3/t16-,18?/m0/s1. The van der Waals surface area contributed by atoms with Crippen molar-refractivity contribution in [1.82, 2.24) is 5.32 Å². The van der Waals surface area contributed by atoms with Gasteiger partial charge in [-0.05, 0) is 38.7 Å². The van der Waals surface area contributed by atoms with E-state index in [-0.39, 0.29) is 11.9 Å². The lowest BCUT2D eigenvalue weighted by molar-refractivity contribution is -0.156. The summed E-state index contributed by atoms with van der Waals surface area (Å²) in [6.45, 7) is 10.4. The Morgan fingerprint density at radius 2 is 2.00 bits per heavy atom. The number of hydrogen-bond acceptors (Lipinski definition) is 5. The molecule has 0 spiro atoms. The summed E-state index contributed by atoms with van der Waals surface area (Å²) in [4.78, 5) is 11.9. The zero-order valence-electron chi connectivity index (χ0n) is 15.5. The van der Waals surface area contributed by atoms with E-state index in [1.165, 1.54) is 0 Å². The molecule has 0 aromatic heterocycles. The smallest absolute Gasteiger partial charge is 0.306 e. The molecule has 0 radical (unpaired) electrons. The highest BCUT2D eigenvalue weighted by Gasteiger charge is 2.20. The Hall–Kier alpha value is -1.69. The lowest BCUT2D eigenvalue weighted by atomic mass is 10.0. The molecule has 5 nitrogen and oxygen atoms in total. The molecule has 1 rings (SSSR count). The van der Waals surface area contributed by atoms with Gasteiger partial charge in [-0.15, -0.1) is 6.58 Å². The van der Waals surface area contributed by atoms with Gasteiger partial charge in [0.1, 0.15) is 5.60 Å². The molecule has 25 heavy (non-hydrogen) atoms. The van der Waals surface area contributed by atoms with Gasteiger partial charge in [-0.25, -0.2) is 0 Å². The van der Waals surface area contributed by atoms with Crippen molar-refractivity contribution >= 4 is 5.97 Å². The van der Waals surface area contributed by atoms with Crippen molar-refractivity contribution in [2.45, 2.75) is 45.3 Å². The normalized spacial score (nSPS) is 13.9. The second-order valence-electron chi connectivity index (χ2n) is 7.08. The third-order valence-electron chi connectivity index (χ3n) is 3.46. The first-order chi connectivity index (χ1) is 11.8. The minimum Gasteiger partial charge on any atom is -0.460 e. The topological polar surface area (TPSA) is 67.8 Å². The van der Waals surface area contributed by atoms with Crippen molar-refractivity contribution in [3.8, 4) is 0 Å². The number of aliphatic hydroxyl groups is 1. The van der Waals surface area contributed by atoms with Crippen molar-refractivity contribution in [3.63, 3.8) is 0 Å². The predicted molar refractivity (Wildman–Crippen MR) is 99.0 cm³/mol. The Bertz CT molecular complexity index is 510. The maximum atomic E-state index is 11.9. The van der Waals surface area contributed by atoms with E-state index in [2.05, 4.69) is 11.9 Å². The summed E-state index contributed by atoms with van der Waals surface area (Å²) in [6, 6.07) is 9.47. The molecule has 0 amide bonds. The lowest BCUT2D eigenvalue weighted by Gasteiger charge is -2.22. The Balaban J connectivity index is 2.26. The molecule has 0 saturated heterocycles. The van der Waals surface area contributed by atoms with E-state index >= 15 is 0 Å². The van der Waals surface area contributed by atoms with Crippen LogP contribution in [0.15, 0.2) is 43.0 Å². The van der Waals surface area contributed by atoms with Crippen LogP contribution in [0, 0.1) is 5.92 Å². The summed E-state index contributed by atoms with van der Waals surface area (Å²) < 4.78 is 10.9. The second kappa shape index (κ2) is 11.0. The molecule has 0 heterocycles. The average molecular weight is 349 g/mol. The molecule has 0 saturated carbocycles. The molecule has 0 bridgehead atoms. The lowest BCUT2D eigenvalue weighted by Crippen LogP contribution is -2.28. The van der Waals surface area contributed by atoms with Crippen molar-refractivity contribution in [3.05, 3.63) is 48.6 Å². The quantitative estimate of drug-likeness (QED) is 0.278. The zero-order valence-corrected chi connectivity index (χ0v) is 15.5. The molecule has 0 aliphatic rings. The fourth-order valence-corrected chi connectivity index (χ4v) is 2.35. The first kappa shape index (κ1) is 21.4. The molecule has 1 unspecified atom stereocenters. The number of carbonyl (C=O) groups excluding carboxylic acids is 1. The molecule has 1 aromatic rings. The largest absolute Gasteiger partial charge is 0.460 e. The number of hydrogen-bond donors (Lipinski definition) is 2. The summed E-state index contributed by atoms with van der Waals surface area (Å²) >= 11 is 0. The number of rotatable bonds is 11. The molecular formula is C20H31NO4. The fourth-order valence-electron chi connectivity index (χ4n) is 2.35. The molecule has 1 aromatic carbocycles. The number of esters is 1. The zero-order chi connectivity index (χ0) is 18.7. The van der Waals surface area contributed by atoms with Crippen LogP contribution in [-0.4, -0.2) is 36.6 Å². The molecule has 5 heteroatoms. The Morgan fingerprint density at radius 3 is 2.60 bits per heavy atom. The third kappa shape index (κ3) is 10.0. The highest BCUT2D eigenvalue weighted by molar-refractivity contribution is 5.70. The Morgan fingerprint density at radius 1 is 1.32 bits per heavy atom. The summed E-state index contributed by atoms with van der Waals surface area (Å²) in [5.41, 5.74) is 0.385. The van der Waals surface area contributed by atoms with Gasteiger partial charge in [0.05, 0.1) is 25.9 Å².